The normalized spacial score (nSPS) is 14.0. The molecule has 0 aromatic heterocycles. The summed E-state index contributed by atoms with van der Waals surface area (Å²) in [6.07, 6.45) is 2.04. The van der Waals surface area contributed by atoms with Gasteiger partial charge in [-0.05, 0) is 35.2 Å². The van der Waals surface area contributed by atoms with E-state index in [-0.39, 0.29) is 5.97 Å². The van der Waals surface area contributed by atoms with Crippen molar-refractivity contribution in [3.8, 4) is 11.5 Å². The van der Waals surface area contributed by atoms with E-state index in [1.807, 2.05) is 24.3 Å². The van der Waals surface area contributed by atoms with Gasteiger partial charge in [0.1, 0.15) is 17.3 Å². The third-order valence-corrected chi connectivity index (χ3v) is 3.67. The first-order valence-corrected chi connectivity index (χ1v) is 6.87. The summed E-state index contributed by atoms with van der Waals surface area (Å²) in [7, 11) is 3.28. The standard InChI is InChI=1S/C18H16O4/c1-11-13(10-18(19)22-11)6-12-7-14-9-15(20-2)4-5-16(14)17(8-12)21-3/h4-5,7-10H,1,6H2,2-3H3. The zero-order valence-corrected chi connectivity index (χ0v) is 12.5. The third-order valence-electron chi connectivity index (χ3n) is 3.67. The molecule has 3 rings (SSSR count). The molecule has 0 saturated heterocycles. The van der Waals surface area contributed by atoms with E-state index in [9.17, 15) is 4.79 Å². The van der Waals surface area contributed by atoms with Crippen molar-refractivity contribution < 1.29 is 19.0 Å². The fourth-order valence-electron chi connectivity index (χ4n) is 2.58. The van der Waals surface area contributed by atoms with Gasteiger partial charge >= 0.3 is 5.97 Å². The molecule has 0 aliphatic carbocycles. The van der Waals surface area contributed by atoms with Gasteiger partial charge in [0.25, 0.3) is 0 Å². The SMILES string of the molecule is C=C1OC(=O)C=C1Cc1cc(OC)c2ccc(OC)cc2c1. The van der Waals surface area contributed by atoms with E-state index in [0.29, 0.717) is 12.2 Å². The number of rotatable bonds is 4. The lowest BCUT2D eigenvalue weighted by Crippen LogP contribution is -1.94. The van der Waals surface area contributed by atoms with Crippen LogP contribution in [0.3, 0.4) is 0 Å². The Morgan fingerprint density at radius 3 is 2.59 bits per heavy atom. The van der Waals surface area contributed by atoms with Gasteiger partial charge < -0.3 is 14.2 Å². The zero-order chi connectivity index (χ0) is 15.7. The summed E-state index contributed by atoms with van der Waals surface area (Å²) >= 11 is 0. The molecule has 0 atom stereocenters. The third kappa shape index (κ3) is 2.55. The first kappa shape index (κ1) is 14.2. The highest BCUT2D eigenvalue weighted by atomic mass is 16.5. The number of carbonyl (C=O) groups excluding carboxylic acids is 1. The van der Waals surface area contributed by atoms with Gasteiger partial charge in [0.15, 0.2) is 0 Å². The van der Waals surface area contributed by atoms with Crippen LogP contribution in [0.5, 0.6) is 11.5 Å². The Kier molecular flexibility index (Phi) is 3.59. The Balaban J connectivity index is 2.04. The second-order valence-electron chi connectivity index (χ2n) is 5.08. The van der Waals surface area contributed by atoms with Crippen LogP contribution in [-0.2, 0) is 16.0 Å². The Hall–Kier alpha value is -2.75. The first-order valence-electron chi connectivity index (χ1n) is 6.87. The summed E-state index contributed by atoms with van der Waals surface area (Å²) < 4.78 is 15.7. The van der Waals surface area contributed by atoms with Crippen LogP contribution in [0.15, 0.2) is 54.3 Å². The van der Waals surface area contributed by atoms with Crippen LogP contribution in [-0.4, -0.2) is 20.2 Å². The van der Waals surface area contributed by atoms with Crippen molar-refractivity contribution in [2.45, 2.75) is 6.42 Å². The van der Waals surface area contributed by atoms with Gasteiger partial charge in [-0.25, -0.2) is 4.79 Å². The molecular formula is C18H16O4. The Labute approximate surface area is 128 Å². The number of methoxy groups -OCH3 is 2. The first-order chi connectivity index (χ1) is 10.6. The maximum absolute atomic E-state index is 11.3. The number of esters is 1. The fourth-order valence-corrected chi connectivity index (χ4v) is 2.58. The molecule has 0 amide bonds. The summed E-state index contributed by atoms with van der Waals surface area (Å²) in [5.74, 6) is 1.62. The van der Waals surface area contributed by atoms with Gasteiger partial charge in [0, 0.05) is 23.5 Å². The Bertz CT molecular complexity index is 802. The minimum atomic E-state index is -0.366. The molecule has 0 saturated carbocycles. The molecule has 1 aliphatic heterocycles. The minimum Gasteiger partial charge on any atom is -0.497 e. The summed E-state index contributed by atoms with van der Waals surface area (Å²) in [5, 5.41) is 2.03. The lowest BCUT2D eigenvalue weighted by molar-refractivity contribution is -0.132. The number of fused-ring (bicyclic) bond motifs is 1. The van der Waals surface area contributed by atoms with Crippen LogP contribution in [0, 0.1) is 0 Å². The largest absolute Gasteiger partial charge is 0.497 e. The maximum atomic E-state index is 11.3. The Morgan fingerprint density at radius 1 is 1.14 bits per heavy atom. The highest BCUT2D eigenvalue weighted by Crippen LogP contribution is 2.32. The van der Waals surface area contributed by atoms with Crippen LogP contribution in [0.4, 0.5) is 0 Å². The molecule has 0 spiro atoms. The summed E-state index contributed by atoms with van der Waals surface area (Å²) in [6.45, 7) is 3.75. The number of carbonyl (C=O) groups is 1. The number of allylic oxidation sites excluding steroid dienone is 1. The van der Waals surface area contributed by atoms with Crippen molar-refractivity contribution in [1.82, 2.24) is 0 Å². The molecule has 1 heterocycles. The molecule has 22 heavy (non-hydrogen) atoms. The molecule has 2 aromatic carbocycles. The van der Waals surface area contributed by atoms with E-state index in [4.69, 9.17) is 14.2 Å². The van der Waals surface area contributed by atoms with Crippen molar-refractivity contribution in [2.75, 3.05) is 14.2 Å². The maximum Gasteiger partial charge on any atom is 0.336 e. The van der Waals surface area contributed by atoms with Crippen molar-refractivity contribution >= 4 is 16.7 Å². The molecule has 4 nitrogen and oxygen atoms in total. The van der Waals surface area contributed by atoms with Gasteiger partial charge in [-0.3, -0.25) is 0 Å². The van der Waals surface area contributed by atoms with Gasteiger partial charge in [-0.15, -0.1) is 0 Å². The minimum absolute atomic E-state index is 0.366. The molecule has 112 valence electrons. The topological polar surface area (TPSA) is 44.8 Å². The monoisotopic (exact) mass is 296 g/mol. The van der Waals surface area contributed by atoms with Crippen LogP contribution in [0.2, 0.25) is 0 Å². The second kappa shape index (κ2) is 5.56. The van der Waals surface area contributed by atoms with E-state index < -0.39 is 0 Å². The summed E-state index contributed by atoms with van der Waals surface area (Å²) in [4.78, 5) is 11.3. The van der Waals surface area contributed by atoms with Crippen LogP contribution >= 0.6 is 0 Å². The number of benzene rings is 2. The van der Waals surface area contributed by atoms with Gasteiger partial charge in [-0.2, -0.15) is 0 Å². The highest BCUT2D eigenvalue weighted by molar-refractivity contribution is 5.91. The van der Waals surface area contributed by atoms with Crippen molar-refractivity contribution in [1.29, 1.82) is 0 Å². The van der Waals surface area contributed by atoms with Crippen molar-refractivity contribution in [2.24, 2.45) is 0 Å². The van der Waals surface area contributed by atoms with Gasteiger partial charge in [0.2, 0.25) is 0 Å². The van der Waals surface area contributed by atoms with E-state index in [2.05, 4.69) is 12.6 Å². The molecule has 0 radical (unpaired) electrons. The molecule has 2 aromatic rings. The van der Waals surface area contributed by atoms with Crippen molar-refractivity contribution in [3.05, 3.63) is 59.9 Å². The van der Waals surface area contributed by atoms with E-state index in [0.717, 1.165) is 33.4 Å². The quantitative estimate of drug-likeness (QED) is 0.811. The second-order valence-corrected chi connectivity index (χ2v) is 5.08. The molecule has 0 N–H and O–H groups in total. The molecule has 1 aliphatic rings. The average Bonchev–Trinajstić information content (AvgIpc) is 2.83. The van der Waals surface area contributed by atoms with Crippen LogP contribution < -0.4 is 9.47 Å². The highest BCUT2D eigenvalue weighted by Gasteiger charge is 2.18. The summed E-state index contributed by atoms with van der Waals surface area (Å²) in [6, 6.07) is 9.85. The fraction of sp³-hybridized carbons (Fsp3) is 0.167. The predicted molar refractivity (Wildman–Crippen MR) is 84.1 cm³/mol. The molecule has 0 fully saturated rings. The van der Waals surface area contributed by atoms with Crippen molar-refractivity contribution in [3.63, 3.8) is 0 Å². The van der Waals surface area contributed by atoms with E-state index in [1.54, 1.807) is 14.2 Å². The molecular weight excluding hydrogens is 280 g/mol. The number of cyclic esters (lactones) is 1. The zero-order valence-electron chi connectivity index (χ0n) is 12.5. The van der Waals surface area contributed by atoms with Crippen LogP contribution in [0.1, 0.15) is 5.56 Å². The van der Waals surface area contributed by atoms with Gasteiger partial charge in [-0.1, -0.05) is 12.6 Å². The van der Waals surface area contributed by atoms with E-state index >= 15 is 0 Å². The number of hydrogen-bond donors (Lipinski definition) is 0. The predicted octanol–water partition coefficient (Wildman–Crippen LogP) is 3.40. The lowest BCUT2D eigenvalue weighted by Gasteiger charge is -2.11. The lowest BCUT2D eigenvalue weighted by atomic mass is 9.99. The molecule has 4 heteroatoms. The Morgan fingerprint density at radius 2 is 1.95 bits per heavy atom. The smallest absolute Gasteiger partial charge is 0.336 e. The number of ether oxygens (including phenoxy) is 3. The molecule has 0 unspecified atom stereocenters. The van der Waals surface area contributed by atoms with Gasteiger partial charge in [0.05, 0.1) is 14.2 Å². The molecule has 0 bridgehead atoms. The van der Waals surface area contributed by atoms with E-state index in [1.165, 1.54) is 6.08 Å². The average molecular weight is 296 g/mol. The number of hydrogen-bond acceptors (Lipinski definition) is 4. The van der Waals surface area contributed by atoms with Crippen LogP contribution in [0.25, 0.3) is 10.8 Å². The summed E-state index contributed by atoms with van der Waals surface area (Å²) in [5.41, 5.74) is 1.80.